The molecule has 2 aliphatic rings. The zero-order valence-electron chi connectivity index (χ0n) is 14.7. The Labute approximate surface area is 144 Å². The molecule has 0 radical (unpaired) electrons. The lowest BCUT2D eigenvalue weighted by molar-refractivity contribution is -0.117. The van der Waals surface area contributed by atoms with Gasteiger partial charge in [0.05, 0.1) is 19.8 Å². The van der Waals surface area contributed by atoms with Crippen molar-refractivity contribution in [3.8, 4) is 11.5 Å². The highest BCUT2D eigenvalue weighted by molar-refractivity contribution is 5.92. The van der Waals surface area contributed by atoms with Crippen LogP contribution in [0.1, 0.15) is 39.5 Å². The average Bonchev–Trinajstić information content (AvgIpc) is 3.37. The Balaban J connectivity index is 1.56. The number of fused-ring (bicyclic) bond motifs is 1. The number of hydrogen-bond donors (Lipinski definition) is 1. The normalized spacial score (nSPS) is 17.0. The van der Waals surface area contributed by atoms with Crippen molar-refractivity contribution < 1.29 is 14.3 Å². The molecule has 132 valence electrons. The standard InChI is InChI=1S/C19H28N2O3/c1-14(2)8-9-21(16-5-6-16)13-19(22)20-15-4-7-17-18(12-15)24-11-3-10-23-17/h4,7,12,14,16H,3,5-6,8-11,13H2,1-2H3,(H,20,22). The summed E-state index contributed by atoms with van der Waals surface area (Å²) in [5, 5.41) is 3.00. The molecule has 1 N–H and O–H groups in total. The number of anilines is 1. The van der Waals surface area contributed by atoms with Crippen LogP contribution < -0.4 is 14.8 Å². The zero-order chi connectivity index (χ0) is 16.9. The van der Waals surface area contributed by atoms with Crippen molar-refractivity contribution in [2.45, 2.75) is 45.6 Å². The van der Waals surface area contributed by atoms with E-state index in [-0.39, 0.29) is 5.91 Å². The molecule has 5 nitrogen and oxygen atoms in total. The summed E-state index contributed by atoms with van der Waals surface area (Å²) in [6, 6.07) is 6.20. The molecule has 1 amide bonds. The first-order chi connectivity index (χ1) is 11.6. The fourth-order valence-corrected chi connectivity index (χ4v) is 2.88. The molecule has 1 fully saturated rings. The molecule has 0 atom stereocenters. The van der Waals surface area contributed by atoms with E-state index in [0.717, 1.165) is 30.8 Å². The van der Waals surface area contributed by atoms with Gasteiger partial charge in [0.2, 0.25) is 5.91 Å². The van der Waals surface area contributed by atoms with Gasteiger partial charge in [-0.25, -0.2) is 0 Å². The summed E-state index contributed by atoms with van der Waals surface area (Å²) in [6.07, 6.45) is 4.45. The van der Waals surface area contributed by atoms with E-state index in [0.29, 0.717) is 37.5 Å². The minimum absolute atomic E-state index is 0.0418. The Morgan fingerprint density at radius 3 is 2.71 bits per heavy atom. The third-order valence-electron chi connectivity index (χ3n) is 4.43. The van der Waals surface area contributed by atoms with Crippen molar-refractivity contribution in [2.24, 2.45) is 5.92 Å². The van der Waals surface area contributed by atoms with Gasteiger partial charge in [0, 0.05) is 24.2 Å². The Bertz CT molecular complexity index is 570. The number of rotatable bonds is 7. The van der Waals surface area contributed by atoms with Gasteiger partial charge in [0.25, 0.3) is 0 Å². The zero-order valence-corrected chi connectivity index (χ0v) is 14.7. The maximum Gasteiger partial charge on any atom is 0.238 e. The number of ether oxygens (including phenoxy) is 2. The first kappa shape index (κ1) is 17.1. The molecule has 1 aromatic rings. The minimum Gasteiger partial charge on any atom is -0.490 e. The maximum absolute atomic E-state index is 12.4. The van der Waals surface area contributed by atoms with Crippen molar-refractivity contribution in [2.75, 3.05) is 31.6 Å². The summed E-state index contributed by atoms with van der Waals surface area (Å²) in [6.45, 7) is 7.23. The summed E-state index contributed by atoms with van der Waals surface area (Å²) in [4.78, 5) is 14.7. The van der Waals surface area contributed by atoms with Crippen LogP contribution in [0, 0.1) is 5.92 Å². The van der Waals surface area contributed by atoms with Gasteiger partial charge in [-0.15, -0.1) is 0 Å². The van der Waals surface area contributed by atoms with Gasteiger partial charge in [-0.3, -0.25) is 9.69 Å². The quantitative estimate of drug-likeness (QED) is 0.832. The van der Waals surface area contributed by atoms with E-state index in [9.17, 15) is 4.79 Å². The molecule has 1 aliphatic carbocycles. The second-order valence-electron chi connectivity index (χ2n) is 7.14. The number of carbonyl (C=O) groups is 1. The van der Waals surface area contributed by atoms with Gasteiger partial charge < -0.3 is 14.8 Å². The fraction of sp³-hybridized carbons (Fsp3) is 0.632. The molecule has 1 aliphatic heterocycles. The molecule has 5 heteroatoms. The van der Waals surface area contributed by atoms with E-state index in [4.69, 9.17) is 9.47 Å². The first-order valence-electron chi connectivity index (χ1n) is 9.05. The van der Waals surface area contributed by atoms with Crippen LogP contribution in [0.4, 0.5) is 5.69 Å². The van der Waals surface area contributed by atoms with E-state index in [1.807, 2.05) is 18.2 Å². The van der Waals surface area contributed by atoms with Crippen molar-refractivity contribution in [3.05, 3.63) is 18.2 Å². The van der Waals surface area contributed by atoms with Gasteiger partial charge >= 0.3 is 0 Å². The lowest BCUT2D eigenvalue weighted by Gasteiger charge is -2.22. The van der Waals surface area contributed by atoms with E-state index >= 15 is 0 Å². The summed E-state index contributed by atoms with van der Waals surface area (Å²) >= 11 is 0. The average molecular weight is 332 g/mol. The molecule has 1 heterocycles. The number of hydrogen-bond acceptors (Lipinski definition) is 4. The van der Waals surface area contributed by atoms with Crippen LogP contribution in [0.25, 0.3) is 0 Å². The molecule has 0 unspecified atom stereocenters. The smallest absolute Gasteiger partial charge is 0.238 e. The lowest BCUT2D eigenvalue weighted by atomic mass is 10.1. The van der Waals surface area contributed by atoms with Crippen LogP contribution in [0.15, 0.2) is 18.2 Å². The predicted molar refractivity (Wildman–Crippen MR) is 94.7 cm³/mol. The van der Waals surface area contributed by atoms with E-state index in [2.05, 4.69) is 24.1 Å². The van der Waals surface area contributed by atoms with E-state index < -0.39 is 0 Å². The Morgan fingerprint density at radius 2 is 2.00 bits per heavy atom. The van der Waals surface area contributed by atoms with Gasteiger partial charge in [-0.1, -0.05) is 13.8 Å². The fourth-order valence-electron chi connectivity index (χ4n) is 2.88. The number of amides is 1. The highest BCUT2D eigenvalue weighted by Crippen LogP contribution is 2.32. The highest BCUT2D eigenvalue weighted by Gasteiger charge is 2.30. The molecule has 0 spiro atoms. The number of benzene rings is 1. The highest BCUT2D eigenvalue weighted by atomic mass is 16.5. The van der Waals surface area contributed by atoms with Gasteiger partial charge in [0.15, 0.2) is 11.5 Å². The van der Waals surface area contributed by atoms with Gasteiger partial charge in [0.1, 0.15) is 0 Å². The molecular formula is C19H28N2O3. The first-order valence-corrected chi connectivity index (χ1v) is 9.05. The topological polar surface area (TPSA) is 50.8 Å². The summed E-state index contributed by atoms with van der Waals surface area (Å²) < 4.78 is 11.3. The van der Waals surface area contributed by atoms with Crippen LogP contribution in [0.3, 0.4) is 0 Å². The Hall–Kier alpha value is -1.75. The van der Waals surface area contributed by atoms with Crippen LogP contribution in [0.5, 0.6) is 11.5 Å². The molecule has 1 aromatic carbocycles. The molecule has 24 heavy (non-hydrogen) atoms. The van der Waals surface area contributed by atoms with Crippen molar-refractivity contribution in [1.29, 1.82) is 0 Å². The predicted octanol–water partition coefficient (Wildman–Crippen LogP) is 3.30. The minimum atomic E-state index is 0.0418. The summed E-state index contributed by atoms with van der Waals surface area (Å²) in [7, 11) is 0. The third kappa shape index (κ3) is 4.87. The van der Waals surface area contributed by atoms with Gasteiger partial charge in [-0.05, 0) is 43.9 Å². The van der Waals surface area contributed by atoms with Crippen LogP contribution in [-0.2, 0) is 4.79 Å². The maximum atomic E-state index is 12.4. The third-order valence-corrected chi connectivity index (χ3v) is 4.43. The number of carbonyl (C=O) groups excluding carboxylic acids is 1. The molecule has 1 saturated carbocycles. The SMILES string of the molecule is CC(C)CCN(CC(=O)Nc1ccc2c(c1)OCCCO2)C1CC1. The van der Waals surface area contributed by atoms with E-state index in [1.165, 1.54) is 12.8 Å². The molecule has 3 rings (SSSR count). The Kier molecular flexibility index (Phi) is 5.61. The number of nitrogens with zero attached hydrogens (tertiary/aromatic N) is 1. The molecular weight excluding hydrogens is 304 g/mol. The summed E-state index contributed by atoms with van der Waals surface area (Å²) in [5.41, 5.74) is 0.767. The molecule has 0 saturated heterocycles. The molecule has 0 bridgehead atoms. The Morgan fingerprint density at radius 1 is 1.25 bits per heavy atom. The van der Waals surface area contributed by atoms with Crippen molar-refractivity contribution in [3.63, 3.8) is 0 Å². The van der Waals surface area contributed by atoms with E-state index in [1.54, 1.807) is 0 Å². The van der Waals surface area contributed by atoms with Crippen molar-refractivity contribution >= 4 is 11.6 Å². The van der Waals surface area contributed by atoms with Crippen LogP contribution in [-0.4, -0.2) is 43.2 Å². The number of nitrogens with one attached hydrogen (secondary N) is 1. The second-order valence-corrected chi connectivity index (χ2v) is 7.14. The largest absolute Gasteiger partial charge is 0.490 e. The molecule has 0 aromatic heterocycles. The summed E-state index contributed by atoms with van der Waals surface area (Å²) in [5.74, 6) is 2.17. The van der Waals surface area contributed by atoms with Crippen LogP contribution >= 0.6 is 0 Å². The monoisotopic (exact) mass is 332 g/mol. The van der Waals surface area contributed by atoms with Gasteiger partial charge in [-0.2, -0.15) is 0 Å². The lowest BCUT2D eigenvalue weighted by Crippen LogP contribution is -2.36. The van der Waals surface area contributed by atoms with Crippen LogP contribution in [0.2, 0.25) is 0 Å². The van der Waals surface area contributed by atoms with Crippen molar-refractivity contribution in [1.82, 2.24) is 4.90 Å². The second kappa shape index (κ2) is 7.88.